The van der Waals surface area contributed by atoms with Gasteiger partial charge in [0.15, 0.2) is 0 Å². The van der Waals surface area contributed by atoms with E-state index in [1.807, 2.05) is 6.92 Å². The molecule has 6 heteroatoms. The van der Waals surface area contributed by atoms with Gasteiger partial charge in [-0.25, -0.2) is 4.39 Å². The molecular formula is C18H19FN2O3. The van der Waals surface area contributed by atoms with Gasteiger partial charge in [0, 0.05) is 7.05 Å². The second kappa shape index (κ2) is 7.70. The maximum atomic E-state index is 13.2. The first-order chi connectivity index (χ1) is 11.4. The highest BCUT2D eigenvalue weighted by atomic mass is 19.1. The molecule has 1 atom stereocenters. The molecule has 1 unspecified atom stereocenters. The van der Waals surface area contributed by atoms with E-state index in [9.17, 15) is 19.1 Å². The Kier molecular flexibility index (Phi) is 5.65. The largest absolute Gasteiger partial charge is 0.388 e. The average Bonchev–Trinajstić information content (AvgIpc) is 2.55. The number of hydrogen-bond donors (Lipinski definition) is 3. The van der Waals surface area contributed by atoms with Crippen LogP contribution in [0.15, 0.2) is 42.5 Å². The van der Waals surface area contributed by atoms with Crippen LogP contribution in [0.3, 0.4) is 0 Å². The van der Waals surface area contributed by atoms with Crippen LogP contribution in [0.2, 0.25) is 0 Å². The summed E-state index contributed by atoms with van der Waals surface area (Å²) in [6.07, 6.45) is -1.38. The summed E-state index contributed by atoms with van der Waals surface area (Å²) >= 11 is 0. The van der Waals surface area contributed by atoms with Crippen molar-refractivity contribution in [3.8, 4) is 0 Å². The van der Waals surface area contributed by atoms with Crippen LogP contribution in [0.1, 0.15) is 34.0 Å². The maximum Gasteiger partial charge on any atom is 0.253 e. The van der Waals surface area contributed by atoms with E-state index in [0.29, 0.717) is 16.8 Å². The Labute approximate surface area is 139 Å². The molecule has 0 aliphatic rings. The van der Waals surface area contributed by atoms with E-state index in [0.717, 1.165) is 5.56 Å². The van der Waals surface area contributed by atoms with Crippen LogP contribution in [-0.4, -0.2) is 24.0 Å². The number of benzene rings is 2. The predicted molar refractivity (Wildman–Crippen MR) is 89.2 cm³/mol. The molecule has 0 fully saturated rings. The number of carbonyl (C=O) groups excluding carboxylic acids is 2. The Morgan fingerprint density at radius 1 is 1.21 bits per heavy atom. The third-order valence-electron chi connectivity index (χ3n) is 3.53. The van der Waals surface area contributed by atoms with Gasteiger partial charge in [0.2, 0.25) is 5.91 Å². The normalized spacial score (nSPS) is 11.7. The molecule has 0 aliphatic carbocycles. The third kappa shape index (κ3) is 4.39. The van der Waals surface area contributed by atoms with E-state index in [1.165, 1.54) is 25.2 Å². The number of hydrogen-bond acceptors (Lipinski definition) is 3. The standard InChI is InChI=1S/C18H19FN2O3/c1-11-6-7-15(14(8-11)18(24)20-2)21-17(23)10-16(22)12-4-3-5-13(19)9-12/h3-9,16,22H,10H2,1-2H3,(H,20,24)(H,21,23). The van der Waals surface area contributed by atoms with Gasteiger partial charge in [-0.3, -0.25) is 9.59 Å². The zero-order valence-corrected chi connectivity index (χ0v) is 13.5. The van der Waals surface area contributed by atoms with Gasteiger partial charge in [-0.1, -0.05) is 23.8 Å². The minimum absolute atomic E-state index is 0.246. The number of aliphatic hydroxyl groups is 1. The Balaban J connectivity index is 2.11. The molecule has 0 saturated carbocycles. The molecule has 5 nitrogen and oxygen atoms in total. The van der Waals surface area contributed by atoms with Crippen molar-refractivity contribution in [3.05, 3.63) is 65.0 Å². The first kappa shape index (κ1) is 17.6. The van der Waals surface area contributed by atoms with Gasteiger partial charge >= 0.3 is 0 Å². The van der Waals surface area contributed by atoms with Crippen LogP contribution in [0.4, 0.5) is 10.1 Å². The average molecular weight is 330 g/mol. The lowest BCUT2D eigenvalue weighted by molar-refractivity contribution is -0.118. The van der Waals surface area contributed by atoms with E-state index < -0.39 is 17.8 Å². The summed E-state index contributed by atoms with van der Waals surface area (Å²) in [4.78, 5) is 24.0. The predicted octanol–water partition coefficient (Wildman–Crippen LogP) is 2.56. The summed E-state index contributed by atoms with van der Waals surface area (Å²) in [5.41, 5.74) is 1.90. The minimum Gasteiger partial charge on any atom is -0.388 e. The van der Waals surface area contributed by atoms with Crippen LogP contribution in [0, 0.1) is 12.7 Å². The topological polar surface area (TPSA) is 78.4 Å². The van der Waals surface area contributed by atoms with E-state index in [-0.39, 0.29) is 12.3 Å². The number of amides is 2. The fraction of sp³-hybridized carbons (Fsp3) is 0.222. The lowest BCUT2D eigenvalue weighted by atomic mass is 10.1. The van der Waals surface area contributed by atoms with Gasteiger partial charge in [-0.15, -0.1) is 0 Å². The molecule has 2 amide bonds. The second-order valence-electron chi connectivity index (χ2n) is 5.45. The van der Waals surface area contributed by atoms with Crippen LogP contribution < -0.4 is 10.6 Å². The Morgan fingerprint density at radius 2 is 1.96 bits per heavy atom. The highest BCUT2D eigenvalue weighted by molar-refractivity contribution is 6.03. The Bertz CT molecular complexity index is 762. The number of anilines is 1. The van der Waals surface area contributed by atoms with Crippen molar-refractivity contribution in [2.45, 2.75) is 19.4 Å². The number of rotatable bonds is 5. The van der Waals surface area contributed by atoms with Crippen LogP contribution >= 0.6 is 0 Å². The van der Waals surface area contributed by atoms with Crippen molar-refractivity contribution >= 4 is 17.5 Å². The van der Waals surface area contributed by atoms with Crippen molar-refractivity contribution in [2.75, 3.05) is 12.4 Å². The molecule has 0 aromatic heterocycles. The Hall–Kier alpha value is -2.73. The van der Waals surface area contributed by atoms with E-state index in [4.69, 9.17) is 0 Å². The summed E-state index contributed by atoms with van der Waals surface area (Å²) in [6, 6.07) is 10.5. The molecule has 0 bridgehead atoms. The first-order valence-electron chi connectivity index (χ1n) is 7.47. The van der Waals surface area contributed by atoms with Gasteiger partial charge < -0.3 is 15.7 Å². The summed E-state index contributed by atoms with van der Waals surface area (Å²) in [7, 11) is 1.50. The number of nitrogens with one attached hydrogen (secondary N) is 2. The summed E-state index contributed by atoms with van der Waals surface area (Å²) in [5.74, 6) is -1.27. The minimum atomic E-state index is -1.13. The molecule has 2 aromatic rings. The van der Waals surface area contributed by atoms with E-state index >= 15 is 0 Å². The van der Waals surface area contributed by atoms with Crippen LogP contribution in [0.5, 0.6) is 0 Å². The quantitative estimate of drug-likeness (QED) is 0.788. The highest BCUT2D eigenvalue weighted by Crippen LogP contribution is 2.21. The van der Waals surface area contributed by atoms with Crippen LogP contribution in [0.25, 0.3) is 0 Å². The smallest absolute Gasteiger partial charge is 0.253 e. The number of aryl methyl sites for hydroxylation is 1. The molecule has 24 heavy (non-hydrogen) atoms. The first-order valence-corrected chi connectivity index (χ1v) is 7.47. The molecule has 0 radical (unpaired) electrons. The monoisotopic (exact) mass is 330 g/mol. The van der Waals surface area contributed by atoms with E-state index in [1.54, 1.807) is 24.3 Å². The van der Waals surface area contributed by atoms with Gasteiger partial charge in [0.25, 0.3) is 5.91 Å². The van der Waals surface area contributed by atoms with Crippen LogP contribution in [-0.2, 0) is 4.79 Å². The van der Waals surface area contributed by atoms with Gasteiger partial charge in [0.1, 0.15) is 5.82 Å². The van der Waals surface area contributed by atoms with Crippen molar-refractivity contribution < 1.29 is 19.1 Å². The lowest BCUT2D eigenvalue weighted by Crippen LogP contribution is -2.22. The highest BCUT2D eigenvalue weighted by Gasteiger charge is 2.17. The van der Waals surface area contributed by atoms with Gasteiger partial charge in [0.05, 0.1) is 23.8 Å². The summed E-state index contributed by atoms with van der Waals surface area (Å²) in [5, 5.41) is 15.2. The number of halogens is 1. The molecular weight excluding hydrogens is 311 g/mol. The zero-order chi connectivity index (χ0) is 17.7. The molecule has 3 N–H and O–H groups in total. The molecule has 0 aliphatic heterocycles. The van der Waals surface area contributed by atoms with Gasteiger partial charge in [-0.2, -0.15) is 0 Å². The number of carbonyl (C=O) groups is 2. The fourth-order valence-electron chi connectivity index (χ4n) is 2.30. The molecule has 0 spiro atoms. The van der Waals surface area contributed by atoms with Gasteiger partial charge in [-0.05, 0) is 36.8 Å². The van der Waals surface area contributed by atoms with Crippen molar-refractivity contribution in [3.63, 3.8) is 0 Å². The summed E-state index contributed by atoms with van der Waals surface area (Å²) in [6.45, 7) is 1.84. The second-order valence-corrected chi connectivity index (χ2v) is 5.45. The molecule has 0 saturated heterocycles. The third-order valence-corrected chi connectivity index (χ3v) is 3.53. The zero-order valence-electron chi connectivity index (χ0n) is 13.5. The van der Waals surface area contributed by atoms with E-state index in [2.05, 4.69) is 10.6 Å². The summed E-state index contributed by atoms with van der Waals surface area (Å²) < 4.78 is 13.2. The van der Waals surface area contributed by atoms with Crippen molar-refractivity contribution in [1.82, 2.24) is 5.32 Å². The van der Waals surface area contributed by atoms with Crippen molar-refractivity contribution in [2.24, 2.45) is 0 Å². The Morgan fingerprint density at radius 3 is 2.62 bits per heavy atom. The molecule has 126 valence electrons. The lowest BCUT2D eigenvalue weighted by Gasteiger charge is -2.14. The maximum absolute atomic E-state index is 13.2. The molecule has 0 heterocycles. The molecule has 2 rings (SSSR count). The van der Waals surface area contributed by atoms with Crippen molar-refractivity contribution in [1.29, 1.82) is 0 Å². The fourth-order valence-corrected chi connectivity index (χ4v) is 2.30. The molecule has 2 aromatic carbocycles. The number of aliphatic hydroxyl groups excluding tert-OH is 1. The SMILES string of the molecule is CNC(=O)c1cc(C)ccc1NC(=O)CC(O)c1cccc(F)c1.